The predicted molar refractivity (Wildman–Crippen MR) is 74.8 cm³/mol. The van der Waals surface area contributed by atoms with Crippen molar-refractivity contribution >= 4 is 11.9 Å². The molecule has 2 heterocycles. The van der Waals surface area contributed by atoms with Crippen molar-refractivity contribution in [2.45, 2.75) is 31.2 Å². The molecule has 1 aliphatic heterocycles. The van der Waals surface area contributed by atoms with Gasteiger partial charge in [0.15, 0.2) is 0 Å². The van der Waals surface area contributed by atoms with Crippen molar-refractivity contribution in [3.05, 3.63) is 17.7 Å². The van der Waals surface area contributed by atoms with Gasteiger partial charge < -0.3 is 20.3 Å². The first-order chi connectivity index (χ1) is 10.00. The summed E-state index contributed by atoms with van der Waals surface area (Å²) >= 11 is 0. The molecule has 1 unspecified atom stereocenters. The van der Waals surface area contributed by atoms with Crippen LogP contribution in [0, 0.1) is 5.92 Å². The predicted octanol–water partition coefficient (Wildman–Crippen LogP) is 0.555. The number of hydrogen-bond acceptors (Lipinski definition) is 4. The summed E-state index contributed by atoms with van der Waals surface area (Å²) in [5, 5.41) is 12.1. The van der Waals surface area contributed by atoms with Gasteiger partial charge in [0.05, 0.1) is 17.7 Å². The smallest absolute Gasteiger partial charge is 0.353 e. The minimum atomic E-state index is -1.04. The molecule has 7 nitrogen and oxygen atoms in total. The summed E-state index contributed by atoms with van der Waals surface area (Å²) < 4.78 is 0. The van der Waals surface area contributed by atoms with Gasteiger partial charge in [-0.15, -0.1) is 0 Å². The van der Waals surface area contributed by atoms with E-state index in [0.717, 1.165) is 38.8 Å². The third-order valence-corrected chi connectivity index (χ3v) is 4.59. The normalized spacial score (nSPS) is 24.5. The number of H-pyrrole nitrogens is 1. The van der Waals surface area contributed by atoms with Gasteiger partial charge in [-0.3, -0.25) is 4.79 Å². The molecule has 2 fully saturated rings. The van der Waals surface area contributed by atoms with E-state index in [9.17, 15) is 9.59 Å². The summed E-state index contributed by atoms with van der Waals surface area (Å²) in [5.41, 5.74) is -0.447. The number of nitrogens with one attached hydrogen (secondary N) is 2. The van der Waals surface area contributed by atoms with E-state index >= 15 is 0 Å². The second-order valence-electron chi connectivity index (χ2n) is 6.12. The lowest BCUT2D eigenvalue weighted by Crippen LogP contribution is -2.53. The van der Waals surface area contributed by atoms with Gasteiger partial charge in [0.25, 0.3) is 0 Å². The molecule has 1 aromatic rings. The maximum Gasteiger partial charge on any atom is 0.353 e. The lowest BCUT2D eigenvalue weighted by molar-refractivity contribution is -0.128. The highest BCUT2D eigenvalue weighted by Gasteiger charge is 2.44. The molecule has 0 aromatic carbocycles. The average Bonchev–Trinajstić information content (AvgIpc) is 3.02. The summed E-state index contributed by atoms with van der Waals surface area (Å²) in [5.74, 6) is -0.411. The third-order valence-electron chi connectivity index (χ3n) is 4.59. The van der Waals surface area contributed by atoms with E-state index in [4.69, 9.17) is 5.11 Å². The van der Waals surface area contributed by atoms with Crippen molar-refractivity contribution in [2.24, 2.45) is 5.92 Å². The fraction of sp³-hybridized carbons (Fsp3) is 0.643. The number of nitrogens with zero attached hydrogens (tertiary/aromatic N) is 2. The Balaban J connectivity index is 1.74. The standard InChI is InChI=1S/C14H20N4O3/c1-18-6-3-9(8-18)11(19)17-14(4-2-5-14)13-15-7-10(16-13)12(20)21/h7,9H,2-6,8H2,1H3,(H,15,16)(H,17,19)(H,20,21). The number of aromatic amines is 1. The van der Waals surface area contributed by atoms with Gasteiger partial charge in [-0.2, -0.15) is 0 Å². The average molecular weight is 292 g/mol. The molecule has 1 amide bonds. The molecule has 1 saturated heterocycles. The molecule has 1 aliphatic carbocycles. The van der Waals surface area contributed by atoms with Crippen LogP contribution in [-0.4, -0.2) is 52.0 Å². The first kappa shape index (κ1) is 14.1. The van der Waals surface area contributed by atoms with Crippen molar-refractivity contribution in [2.75, 3.05) is 20.1 Å². The quantitative estimate of drug-likeness (QED) is 0.753. The molecule has 0 spiro atoms. The van der Waals surface area contributed by atoms with Crippen LogP contribution < -0.4 is 5.32 Å². The van der Waals surface area contributed by atoms with E-state index in [1.807, 2.05) is 7.05 Å². The summed E-state index contributed by atoms with van der Waals surface area (Å²) in [7, 11) is 2.01. The molecular weight excluding hydrogens is 272 g/mol. The van der Waals surface area contributed by atoms with E-state index in [0.29, 0.717) is 5.82 Å². The Labute approximate surface area is 122 Å². The van der Waals surface area contributed by atoms with Gasteiger partial charge in [-0.05, 0) is 39.3 Å². The van der Waals surface area contributed by atoms with E-state index in [1.54, 1.807) is 0 Å². The number of hydrogen-bond donors (Lipinski definition) is 3. The van der Waals surface area contributed by atoms with Crippen molar-refractivity contribution < 1.29 is 14.7 Å². The minimum Gasteiger partial charge on any atom is -0.477 e. The van der Waals surface area contributed by atoms with E-state index in [2.05, 4.69) is 20.2 Å². The molecule has 3 rings (SSSR count). The van der Waals surface area contributed by atoms with Gasteiger partial charge >= 0.3 is 5.97 Å². The van der Waals surface area contributed by atoms with Crippen molar-refractivity contribution in [3.63, 3.8) is 0 Å². The number of carbonyl (C=O) groups is 2. The largest absolute Gasteiger partial charge is 0.477 e. The van der Waals surface area contributed by atoms with Crippen LogP contribution in [0.3, 0.4) is 0 Å². The lowest BCUT2D eigenvalue weighted by atomic mass is 9.75. The van der Waals surface area contributed by atoms with Crippen LogP contribution in [0.4, 0.5) is 0 Å². The Hall–Kier alpha value is -1.89. The Kier molecular flexibility index (Phi) is 3.44. The molecule has 1 atom stereocenters. The van der Waals surface area contributed by atoms with E-state index < -0.39 is 11.5 Å². The fourth-order valence-electron chi connectivity index (χ4n) is 3.11. The first-order valence-electron chi connectivity index (χ1n) is 7.29. The molecule has 114 valence electrons. The Morgan fingerprint density at radius 3 is 2.76 bits per heavy atom. The van der Waals surface area contributed by atoms with Gasteiger partial charge in [-0.1, -0.05) is 0 Å². The maximum absolute atomic E-state index is 12.4. The number of rotatable bonds is 4. The molecule has 21 heavy (non-hydrogen) atoms. The zero-order valence-electron chi connectivity index (χ0n) is 12.1. The van der Waals surface area contributed by atoms with Gasteiger partial charge in [0.2, 0.25) is 5.91 Å². The summed E-state index contributed by atoms with van der Waals surface area (Å²) in [6, 6.07) is 0. The maximum atomic E-state index is 12.4. The Morgan fingerprint density at radius 1 is 1.52 bits per heavy atom. The van der Waals surface area contributed by atoms with Gasteiger partial charge in [-0.25, -0.2) is 9.78 Å². The number of likely N-dealkylation sites (tertiary alicyclic amines) is 1. The number of carboxylic acids is 1. The number of aromatic nitrogens is 2. The van der Waals surface area contributed by atoms with Crippen LogP contribution in [0.2, 0.25) is 0 Å². The number of imidazole rings is 1. The highest BCUT2D eigenvalue weighted by atomic mass is 16.4. The van der Waals surface area contributed by atoms with Crippen LogP contribution in [0.15, 0.2) is 6.20 Å². The molecular formula is C14H20N4O3. The zero-order valence-corrected chi connectivity index (χ0v) is 12.1. The minimum absolute atomic E-state index is 0.0152. The molecule has 0 bridgehead atoms. The topological polar surface area (TPSA) is 98.3 Å². The van der Waals surface area contributed by atoms with Crippen LogP contribution in [0.1, 0.15) is 42.0 Å². The van der Waals surface area contributed by atoms with Crippen molar-refractivity contribution in [1.82, 2.24) is 20.2 Å². The SMILES string of the molecule is CN1CCC(C(=O)NC2(c3ncc(C(=O)O)[nH]3)CCC2)C1. The molecule has 2 aliphatic rings. The molecule has 7 heteroatoms. The highest BCUT2D eigenvalue weighted by molar-refractivity contribution is 5.85. The summed E-state index contributed by atoms with van der Waals surface area (Å²) in [4.78, 5) is 32.5. The molecule has 0 radical (unpaired) electrons. The second-order valence-corrected chi connectivity index (χ2v) is 6.12. The van der Waals surface area contributed by atoms with E-state index in [-0.39, 0.29) is 17.5 Å². The number of aromatic carboxylic acids is 1. The third kappa shape index (κ3) is 2.53. The van der Waals surface area contributed by atoms with Crippen LogP contribution in [-0.2, 0) is 10.3 Å². The number of carboxylic acid groups (broad SMARTS) is 1. The Bertz CT molecular complexity index is 564. The molecule has 1 aromatic heterocycles. The monoisotopic (exact) mass is 292 g/mol. The van der Waals surface area contributed by atoms with Crippen molar-refractivity contribution in [3.8, 4) is 0 Å². The highest BCUT2D eigenvalue weighted by Crippen LogP contribution is 2.40. The fourth-order valence-corrected chi connectivity index (χ4v) is 3.11. The number of amides is 1. The summed E-state index contributed by atoms with van der Waals surface area (Å²) in [6.07, 6.45) is 4.79. The van der Waals surface area contributed by atoms with Gasteiger partial charge in [0, 0.05) is 6.54 Å². The molecule has 3 N–H and O–H groups in total. The van der Waals surface area contributed by atoms with Gasteiger partial charge in [0.1, 0.15) is 11.5 Å². The van der Waals surface area contributed by atoms with Crippen LogP contribution in [0.25, 0.3) is 0 Å². The second kappa shape index (κ2) is 5.14. The van der Waals surface area contributed by atoms with Crippen LogP contribution in [0.5, 0.6) is 0 Å². The lowest BCUT2D eigenvalue weighted by Gasteiger charge is -2.41. The van der Waals surface area contributed by atoms with E-state index in [1.165, 1.54) is 6.20 Å². The molecule has 1 saturated carbocycles. The Morgan fingerprint density at radius 2 is 2.29 bits per heavy atom. The van der Waals surface area contributed by atoms with Crippen molar-refractivity contribution in [1.29, 1.82) is 0 Å². The van der Waals surface area contributed by atoms with Crippen LogP contribution >= 0.6 is 0 Å². The first-order valence-corrected chi connectivity index (χ1v) is 7.29. The summed E-state index contributed by atoms with van der Waals surface area (Å²) in [6.45, 7) is 1.72. The zero-order chi connectivity index (χ0) is 15.0. The number of carbonyl (C=O) groups excluding carboxylic acids is 1.